The van der Waals surface area contributed by atoms with E-state index in [9.17, 15) is 14.4 Å². The van der Waals surface area contributed by atoms with Crippen LogP contribution >= 0.6 is 0 Å². The number of benzene rings is 1. The number of nitrogens with one attached hydrogen (secondary N) is 2. The zero-order valence-electron chi connectivity index (χ0n) is 18.0. The molecule has 0 radical (unpaired) electrons. The lowest BCUT2D eigenvalue weighted by atomic mass is 10.0. The molecule has 0 heterocycles. The van der Waals surface area contributed by atoms with Crippen molar-refractivity contribution in [3.05, 3.63) is 48.2 Å². The van der Waals surface area contributed by atoms with Gasteiger partial charge in [0, 0.05) is 13.0 Å². The van der Waals surface area contributed by atoms with Crippen molar-refractivity contribution < 1.29 is 23.9 Å². The number of hydrogen-bond acceptors (Lipinski definition) is 5. The van der Waals surface area contributed by atoms with Crippen LogP contribution in [-0.2, 0) is 25.7 Å². The van der Waals surface area contributed by atoms with Gasteiger partial charge in [0.15, 0.2) is 6.29 Å². The fraction of sp³-hybridized carbons (Fsp3) is 0.522. The van der Waals surface area contributed by atoms with Gasteiger partial charge in [0.2, 0.25) is 5.91 Å². The number of aldehydes is 1. The van der Waals surface area contributed by atoms with Crippen molar-refractivity contribution in [1.82, 2.24) is 10.6 Å². The van der Waals surface area contributed by atoms with Gasteiger partial charge in [-0.2, -0.15) is 0 Å². The zero-order chi connectivity index (χ0) is 22.2. The second kappa shape index (κ2) is 15.1. The normalized spacial score (nSPS) is 11.4. The van der Waals surface area contributed by atoms with Crippen molar-refractivity contribution in [1.29, 1.82) is 0 Å². The number of allylic oxidation sites excluding steroid dienone is 1. The topological polar surface area (TPSA) is 93.7 Å². The Labute approximate surface area is 179 Å². The quantitative estimate of drug-likeness (QED) is 0.257. The van der Waals surface area contributed by atoms with E-state index in [4.69, 9.17) is 9.47 Å². The van der Waals surface area contributed by atoms with Crippen LogP contribution in [-0.4, -0.2) is 37.5 Å². The number of ether oxygens (including phenoxy) is 2. The summed E-state index contributed by atoms with van der Waals surface area (Å²) in [5.41, 5.74) is 0.886. The third-order valence-corrected chi connectivity index (χ3v) is 4.32. The molecule has 7 nitrogen and oxygen atoms in total. The van der Waals surface area contributed by atoms with E-state index in [1.54, 1.807) is 0 Å². The van der Waals surface area contributed by atoms with E-state index in [2.05, 4.69) is 17.2 Å². The van der Waals surface area contributed by atoms with Crippen LogP contribution in [0.25, 0.3) is 0 Å². The molecule has 1 aromatic carbocycles. The average molecular weight is 419 g/mol. The third kappa shape index (κ3) is 11.9. The van der Waals surface area contributed by atoms with E-state index in [0.717, 1.165) is 24.8 Å². The van der Waals surface area contributed by atoms with Gasteiger partial charge in [0.25, 0.3) is 0 Å². The molecule has 0 aliphatic heterocycles. The van der Waals surface area contributed by atoms with Crippen molar-refractivity contribution in [3.8, 4) is 0 Å². The van der Waals surface area contributed by atoms with E-state index in [1.165, 1.54) is 0 Å². The maximum Gasteiger partial charge on any atom is 0.408 e. The van der Waals surface area contributed by atoms with Crippen molar-refractivity contribution in [3.63, 3.8) is 0 Å². The van der Waals surface area contributed by atoms with Crippen molar-refractivity contribution in [2.24, 2.45) is 5.92 Å². The van der Waals surface area contributed by atoms with Gasteiger partial charge in [-0.15, -0.1) is 0 Å². The van der Waals surface area contributed by atoms with Gasteiger partial charge in [-0.25, -0.2) is 4.79 Å². The molecule has 1 rings (SSSR count). The number of amides is 2. The Morgan fingerprint density at radius 2 is 1.83 bits per heavy atom. The van der Waals surface area contributed by atoms with E-state index in [0.29, 0.717) is 31.4 Å². The predicted octanol–water partition coefficient (Wildman–Crippen LogP) is 3.73. The lowest BCUT2D eigenvalue weighted by Crippen LogP contribution is -2.47. The first-order valence-corrected chi connectivity index (χ1v) is 10.4. The number of carbonyl (C=O) groups excluding carboxylic acids is 3. The number of hydrogen-bond donors (Lipinski definition) is 2. The third-order valence-electron chi connectivity index (χ3n) is 4.32. The lowest BCUT2D eigenvalue weighted by molar-refractivity contribution is -0.123. The Hall–Kier alpha value is -2.83. The van der Waals surface area contributed by atoms with Crippen LogP contribution in [0.2, 0.25) is 0 Å². The SMILES string of the molecule is C=C(CCCCCNC(=O)[C@H](CC(C)C)NC(=O)OCc1ccccc1)OCC=O. The van der Waals surface area contributed by atoms with E-state index in [1.807, 2.05) is 44.2 Å². The van der Waals surface area contributed by atoms with E-state index >= 15 is 0 Å². The molecule has 0 unspecified atom stereocenters. The largest absolute Gasteiger partial charge is 0.491 e. The van der Waals surface area contributed by atoms with Crippen LogP contribution in [0.3, 0.4) is 0 Å². The Kier molecular flexibility index (Phi) is 12.7. The van der Waals surface area contributed by atoms with Crippen LogP contribution < -0.4 is 10.6 Å². The van der Waals surface area contributed by atoms with E-state index < -0.39 is 12.1 Å². The highest BCUT2D eigenvalue weighted by atomic mass is 16.5. The van der Waals surface area contributed by atoms with Crippen LogP contribution in [0, 0.1) is 5.92 Å². The first kappa shape index (κ1) is 25.2. The highest BCUT2D eigenvalue weighted by molar-refractivity contribution is 5.85. The second-order valence-corrected chi connectivity index (χ2v) is 7.51. The van der Waals surface area contributed by atoms with E-state index in [-0.39, 0.29) is 25.0 Å². The van der Waals surface area contributed by atoms with Gasteiger partial charge < -0.3 is 20.1 Å². The zero-order valence-corrected chi connectivity index (χ0v) is 18.0. The Balaban J connectivity index is 2.31. The summed E-state index contributed by atoms with van der Waals surface area (Å²) in [6.07, 6.45) is 3.87. The van der Waals surface area contributed by atoms with Gasteiger partial charge in [0.05, 0.1) is 5.76 Å². The summed E-state index contributed by atoms with van der Waals surface area (Å²) in [7, 11) is 0. The number of alkyl carbamates (subject to hydrolysis) is 1. The average Bonchev–Trinajstić information content (AvgIpc) is 2.73. The summed E-state index contributed by atoms with van der Waals surface area (Å²) >= 11 is 0. The van der Waals surface area contributed by atoms with Crippen LogP contribution in [0.4, 0.5) is 4.79 Å². The predicted molar refractivity (Wildman–Crippen MR) is 116 cm³/mol. The Morgan fingerprint density at radius 1 is 1.10 bits per heavy atom. The molecule has 0 aliphatic rings. The molecule has 2 amide bonds. The number of unbranched alkanes of at least 4 members (excludes halogenated alkanes) is 2. The van der Waals surface area contributed by atoms with Gasteiger partial charge in [-0.1, -0.05) is 57.2 Å². The first-order valence-electron chi connectivity index (χ1n) is 10.4. The van der Waals surface area contributed by atoms with Crippen molar-refractivity contribution >= 4 is 18.3 Å². The summed E-state index contributed by atoms with van der Waals surface area (Å²) in [6, 6.07) is 8.75. The molecule has 7 heteroatoms. The first-order chi connectivity index (χ1) is 14.4. The smallest absolute Gasteiger partial charge is 0.408 e. The Morgan fingerprint density at radius 3 is 2.50 bits per heavy atom. The molecule has 0 saturated heterocycles. The lowest BCUT2D eigenvalue weighted by Gasteiger charge is -2.20. The van der Waals surface area contributed by atoms with Crippen LogP contribution in [0.15, 0.2) is 42.7 Å². The maximum atomic E-state index is 12.5. The molecule has 0 bridgehead atoms. The van der Waals surface area contributed by atoms with Gasteiger partial charge >= 0.3 is 6.09 Å². The molecule has 0 fully saturated rings. The summed E-state index contributed by atoms with van der Waals surface area (Å²) in [5, 5.41) is 5.56. The summed E-state index contributed by atoms with van der Waals surface area (Å²) in [5.74, 6) is 0.632. The highest BCUT2D eigenvalue weighted by Crippen LogP contribution is 2.09. The molecule has 1 atom stereocenters. The number of rotatable bonds is 15. The minimum atomic E-state index is -0.634. The highest BCUT2D eigenvalue weighted by Gasteiger charge is 2.22. The molecule has 30 heavy (non-hydrogen) atoms. The van der Waals surface area contributed by atoms with Crippen LogP contribution in [0.1, 0.15) is 51.5 Å². The molecular weight excluding hydrogens is 384 g/mol. The maximum absolute atomic E-state index is 12.5. The minimum absolute atomic E-state index is 0.0346. The summed E-state index contributed by atoms with van der Waals surface area (Å²) in [4.78, 5) is 34.8. The molecule has 2 N–H and O–H groups in total. The fourth-order valence-electron chi connectivity index (χ4n) is 2.79. The molecule has 0 aromatic heterocycles. The monoisotopic (exact) mass is 418 g/mol. The second-order valence-electron chi connectivity index (χ2n) is 7.51. The van der Waals surface area contributed by atoms with Crippen LogP contribution in [0.5, 0.6) is 0 Å². The molecular formula is C23H34N2O5. The standard InChI is InChI=1S/C23H34N2O5/c1-18(2)16-21(25-23(28)30-17-20-11-7-4-8-12-20)22(27)24-13-9-5-6-10-19(3)29-15-14-26/h4,7-8,11-12,14,18,21H,3,5-6,9-10,13,15-17H2,1-2H3,(H,24,27)(H,25,28)/t21-/m0/s1. The van der Waals surface area contributed by atoms with Crippen molar-refractivity contribution in [2.45, 2.75) is 58.6 Å². The van der Waals surface area contributed by atoms with Gasteiger partial charge in [-0.05, 0) is 30.7 Å². The molecule has 0 spiro atoms. The summed E-state index contributed by atoms with van der Waals surface area (Å²) in [6.45, 7) is 8.46. The minimum Gasteiger partial charge on any atom is -0.491 e. The molecule has 166 valence electrons. The fourth-order valence-corrected chi connectivity index (χ4v) is 2.79. The van der Waals surface area contributed by atoms with Gasteiger partial charge in [-0.3, -0.25) is 9.59 Å². The Bertz CT molecular complexity index is 661. The van der Waals surface area contributed by atoms with Crippen molar-refractivity contribution in [2.75, 3.05) is 13.2 Å². The molecule has 0 aliphatic carbocycles. The number of carbonyl (C=O) groups is 3. The molecule has 1 aromatic rings. The summed E-state index contributed by atoms with van der Waals surface area (Å²) < 4.78 is 10.3. The molecule has 0 saturated carbocycles. The van der Waals surface area contributed by atoms with Gasteiger partial charge in [0.1, 0.15) is 19.3 Å².